The van der Waals surface area contributed by atoms with E-state index in [0.29, 0.717) is 11.6 Å². The first-order valence-corrected chi connectivity index (χ1v) is 6.22. The van der Waals surface area contributed by atoms with Gasteiger partial charge in [0.25, 0.3) is 5.56 Å². The fourth-order valence-corrected chi connectivity index (χ4v) is 2.15. The summed E-state index contributed by atoms with van der Waals surface area (Å²) in [5, 5.41) is 9.42. The number of benzene rings is 1. The van der Waals surface area contributed by atoms with Crippen LogP contribution >= 0.6 is 11.8 Å². The summed E-state index contributed by atoms with van der Waals surface area (Å²) < 4.78 is 12.9. The van der Waals surface area contributed by atoms with Crippen molar-refractivity contribution in [3.05, 3.63) is 51.8 Å². The highest BCUT2D eigenvalue weighted by atomic mass is 32.2. The van der Waals surface area contributed by atoms with E-state index in [1.54, 1.807) is 12.1 Å². The highest BCUT2D eigenvalue weighted by molar-refractivity contribution is 7.98. The summed E-state index contributed by atoms with van der Waals surface area (Å²) in [5.74, 6) is 0.131. The van der Waals surface area contributed by atoms with E-state index in [1.165, 1.54) is 30.8 Å². The van der Waals surface area contributed by atoms with E-state index >= 15 is 0 Å². The number of aromatic nitrogens is 2. The number of thioether (sulfide) groups is 1. The zero-order valence-corrected chi connectivity index (χ0v) is 10.4. The Kier molecular flexibility index (Phi) is 3.66. The van der Waals surface area contributed by atoms with E-state index in [4.69, 9.17) is 0 Å². The van der Waals surface area contributed by atoms with Crippen molar-refractivity contribution >= 4 is 11.8 Å². The number of H-pyrrole nitrogens is 1. The Morgan fingerprint density at radius 3 is 2.94 bits per heavy atom. The second kappa shape index (κ2) is 5.22. The maximum atomic E-state index is 12.9. The van der Waals surface area contributed by atoms with E-state index in [1.807, 2.05) is 0 Å². The van der Waals surface area contributed by atoms with Crippen molar-refractivity contribution in [1.29, 1.82) is 0 Å². The first-order valence-electron chi connectivity index (χ1n) is 5.23. The van der Waals surface area contributed by atoms with E-state index < -0.39 is 0 Å². The van der Waals surface area contributed by atoms with Crippen LogP contribution in [0, 0.1) is 12.7 Å². The molecule has 94 valence electrons. The molecular weight excluding hydrogens is 255 g/mol. The molecule has 0 saturated carbocycles. The molecular formula is C12H11FN2O2S. The summed E-state index contributed by atoms with van der Waals surface area (Å²) in [4.78, 5) is 18.6. The lowest BCUT2D eigenvalue weighted by Crippen LogP contribution is -2.13. The topological polar surface area (TPSA) is 66.0 Å². The summed E-state index contributed by atoms with van der Waals surface area (Å²) in [6, 6.07) is 6.14. The Bertz CT molecular complexity index is 628. The summed E-state index contributed by atoms with van der Waals surface area (Å²) in [7, 11) is 0. The van der Waals surface area contributed by atoms with Gasteiger partial charge in [0.2, 0.25) is 5.88 Å². The van der Waals surface area contributed by atoms with E-state index in [2.05, 4.69) is 9.97 Å². The second-order valence-corrected chi connectivity index (χ2v) is 4.76. The smallest absolute Gasteiger partial charge is 0.257 e. The van der Waals surface area contributed by atoms with Gasteiger partial charge in [0, 0.05) is 4.90 Å². The van der Waals surface area contributed by atoms with Crippen molar-refractivity contribution in [2.45, 2.75) is 17.6 Å². The normalized spacial score (nSPS) is 10.6. The molecule has 0 unspecified atom stereocenters. The molecule has 18 heavy (non-hydrogen) atoms. The van der Waals surface area contributed by atoms with Crippen LogP contribution in [0.3, 0.4) is 0 Å². The van der Waals surface area contributed by atoms with Crippen molar-refractivity contribution in [3.63, 3.8) is 0 Å². The predicted molar refractivity (Wildman–Crippen MR) is 67.2 cm³/mol. The molecule has 0 spiro atoms. The van der Waals surface area contributed by atoms with Crippen molar-refractivity contribution in [2.75, 3.05) is 0 Å². The van der Waals surface area contributed by atoms with Crippen LogP contribution in [0.5, 0.6) is 5.88 Å². The van der Waals surface area contributed by atoms with Crippen molar-refractivity contribution in [3.8, 4) is 5.88 Å². The molecule has 0 aliphatic heterocycles. The molecule has 1 aromatic carbocycles. The molecule has 1 aromatic heterocycles. The van der Waals surface area contributed by atoms with Gasteiger partial charge in [-0.25, -0.2) is 4.39 Å². The Hall–Kier alpha value is -1.82. The summed E-state index contributed by atoms with van der Waals surface area (Å²) in [6.45, 7) is 1.49. The van der Waals surface area contributed by atoms with Gasteiger partial charge in [-0.2, -0.15) is 4.98 Å². The monoisotopic (exact) mass is 266 g/mol. The number of hydrogen-bond donors (Lipinski definition) is 2. The second-order valence-electron chi connectivity index (χ2n) is 3.71. The van der Waals surface area contributed by atoms with Crippen LogP contribution in [0.1, 0.15) is 11.4 Å². The molecule has 1 heterocycles. The number of rotatable bonds is 3. The van der Waals surface area contributed by atoms with Gasteiger partial charge < -0.3 is 10.1 Å². The fraction of sp³-hybridized carbons (Fsp3) is 0.167. The minimum absolute atomic E-state index is 0.189. The fourth-order valence-electron chi connectivity index (χ4n) is 1.34. The third kappa shape index (κ3) is 2.89. The van der Waals surface area contributed by atoms with E-state index in [0.717, 1.165) is 4.90 Å². The lowest BCUT2D eigenvalue weighted by atomic mass is 10.3. The highest BCUT2D eigenvalue weighted by Crippen LogP contribution is 2.22. The minimum atomic E-state index is -0.364. The Balaban J connectivity index is 2.14. The van der Waals surface area contributed by atoms with E-state index in [9.17, 15) is 14.3 Å². The molecule has 2 N–H and O–H groups in total. The molecule has 0 fully saturated rings. The highest BCUT2D eigenvalue weighted by Gasteiger charge is 2.06. The Morgan fingerprint density at radius 1 is 1.50 bits per heavy atom. The Labute approximate surface area is 107 Å². The van der Waals surface area contributed by atoms with Crippen LogP contribution in [0.15, 0.2) is 34.0 Å². The van der Waals surface area contributed by atoms with Crippen LogP contribution in [0.4, 0.5) is 4.39 Å². The molecule has 0 saturated heterocycles. The maximum absolute atomic E-state index is 12.9. The van der Waals surface area contributed by atoms with Crippen LogP contribution in [0.25, 0.3) is 0 Å². The van der Waals surface area contributed by atoms with Gasteiger partial charge >= 0.3 is 0 Å². The molecule has 0 atom stereocenters. The molecule has 6 heteroatoms. The first kappa shape index (κ1) is 12.6. The van der Waals surface area contributed by atoms with Crippen LogP contribution in [-0.2, 0) is 5.75 Å². The van der Waals surface area contributed by atoms with Crippen molar-refractivity contribution < 1.29 is 9.50 Å². The van der Waals surface area contributed by atoms with Crippen molar-refractivity contribution in [2.24, 2.45) is 0 Å². The predicted octanol–water partition coefficient (Wildman–Crippen LogP) is 2.22. The number of aromatic amines is 1. The standard InChI is InChI=1S/C12H11FN2O2S/c1-7-11(16)14-10(15-12(7)17)6-18-9-4-2-3-8(13)5-9/h2-5H,6H2,1H3,(H2,14,15,16,17). The largest absolute Gasteiger partial charge is 0.493 e. The summed E-state index contributed by atoms with van der Waals surface area (Å²) in [5.41, 5.74) is -0.174. The van der Waals surface area contributed by atoms with Gasteiger partial charge in [-0.3, -0.25) is 4.79 Å². The average Bonchev–Trinajstić information content (AvgIpc) is 2.33. The van der Waals surface area contributed by atoms with Crippen molar-refractivity contribution in [1.82, 2.24) is 9.97 Å². The third-order valence-corrected chi connectivity index (χ3v) is 3.35. The minimum Gasteiger partial charge on any atom is -0.493 e. The van der Waals surface area contributed by atoms with Gasteiger partial charge in [0.05, 0.1) is 11.3 Å². The van der Waals surface area contributed by atoms with Crippen LogP contribution < -0.4 is 5.56 Å². The average molecular weight is 266 g/mol. The molecule has 0 aliphatic carbocycles. The molecule has 0 radical (unpaired) electrons. The van der Waals surface area contributed by atoms with E-state index in [-0.39, 0.29) is 22.8 Å². The molecule has 2 rings (SSSR count). The quantitative estimate of drug-likeness (QED) is 0.836. The number of hydrogen-bond acceptors (Lipinski definition) is 4. The SMILES string of the molecule is Cc1c(O)nc(CSc2cccc(F)c2)[nH]c1=O. The number of aromatic hydroxyl groups is 1. The van der Waals surface area contributed by atoms with Gasteiger partial charge in [-0.1, -0.05) is 6.07 Å². The number of halogens is 1. The molecule has 0 bridgehead atoms. The number of nitrogens with zero attached hydrogens (tertiary/aromatic N) is 1. The lowest BCUT2D eigenvalue weighted by molar-refractivity contribution is 0.444. The van der Waals surface area contributed by atoms with Gasteiger partial charge in [0.15, 0.2) is 0 Å². The van der Waals surface area contributed by atoms with Gasteiger partial charge in [-0.05, 0) is 25.1 Å². The zero-order chi connectivity index (χ0) is 13.1. The maximum Gasteiger partial charge on any atom is 0.257 e. The zero-order valence-electron chi connectivity index (χ0n) is 9.61. The molecule has 4 nitrogen and oxygen atoms in total. The lowest BCUT2D eigenvalue weighted by Gasteiger charge is -2.03. The van der Waals surface area contributed by atoms with Crippen LogP contribution in [-0.4, -0.2) is 15.1 Å². The Morgan fingerprint density at radius 2 is 2.28 bits per heavy atom. The molecule has 0 amide bonds. The summed E-state index contributed by atoms with van der Waals surface area (Å²) in [6.07, 6.45) is 0. The first-order chi connectivity index (χ1) is 8.56. The summed E-state index contributed by atoms with van der Waals surface area (Å²) >= 11 is 1.33. The third-order valence-electron chi connectivity index (χ3n) is 2.35. The molecule has 2 aromatic rings. The molecule has 0 aliphatic rings. The van der Waals surface area contributed by atoms with Crippen LogP contribution in [0.2, 0.25) is 0 Å². The van der Waals surface area contributed by atoms with Gasteiger partial charge in [0.1, 0.15) is 11.6 Å². The van der Waals surface area contributed by atoms with Gasteiger partial charge in [-0.15, -0.1) is 11.8 Å². The number of nitrogens with one attached hydrogen (secondary N) is 1.